The second-order valence-corrected chi connectivity index (χ2v) is 6.45. The Morgan fingerprint density at radius 3 is 2.64 bits per heavy atom. The number of aromatic nitrogens is 2. The molecule has 1 fully saturated rings. The number of nitrogens with zero attached hydrogens (tertiary/aromatic N) is 3. The van der Waals surface area contributed by atoms with Crippen LogP contribution in [0, 0.1) is 0 Å². The molecule has 1 aromatic carbocycles. The van der Waals surface area contributed by atoms with Gasteiger partial charge in [-0.25, -0.2) is 14.8 Å². The summed E-state index contributed by atoms with van der Waals surface area (Å²) in [5, 5.41) is 2.96. The van der Waals surface area contributed by atoms with E-state index in [4.69, 9.17) is 9.47 Å². The molecule has 2 heterocycles. The van der Waals surface area contributed by atoms with Gasteiger partial charge in [-0.1, -0.05) is 30.3 Å². The predicted octanol–water partition coefficient (Wildman–Crippen LogP) is 2.41. The standard InChI is InChI=1S/C20H24N4O4/c1-2-27-20(26)24-10-8-16(9-11-24)23-19(25)17-12-18(22-14-21-17)28-13-15-6-4-3-5-7-15/h3-7,12,14,16H,2,8-11,13H2,1H3,(H,23,25). The van der Waals surface area contributed by atoms with Gasteiger partial charge in [-0.05, 0) is 25.3 Å². The number of piperidine rings is 1. The molecule has 3 rings (SSSR count). The minimum atomic E-state index is -0.303. The summed E-state index contributed by atoms with van der Waals surface area (Å²) in [6.07, 6.45) is 2.36. The van der Waals surface area contributed by atoms with E-state index in [0.29, 0.717) is 45.0 Å². The summed E-state index contributed by atoms with van der Waals surface area (Å²) in [6, 6.07) is 11.2. The molecule has 2 amide bonds. The first-order valence-electron chi connectivity index (χ1n) is 9.37. The van der Waals surface area contributed by atoms with Crippen LogP contribution in [-0.2, 0) is 11.3 Å². The van der Waals surface area contributed by atoms with Gasteiger partial charge in [0.25, 0.3) is 5.91 Å². The first-order valence-corrected chi connectivity index (χ1v) is 9.37. The van der Waals surface area contributed by atoms with Gasteiger partial charge >= 0.3 is 6.09 Å². The number of hydrogen-bond donors (Lipinski definition) is 1. The average molecular weight is 384 g/mol. The second kappa shape index (κ2) is 9.68. The smallest absolute Gasteiger partial charge is 0.409 e. The summed E-state index contributed by atoms with van der Waals surface area (Å²) in [5.74, 6) is 0.0719. The van der Waals surface area contributed by atoms with Crippen LogP contribution >= 0.6 is 0 Å². The normalized spacial score (nSPS) is 14.4. The zero-order valence-electron chi connectivity index (χ0n) is 15.8. The van der Waals surface area contributed by atoms with Crippen molar-refractivity contribution in [1.29, 1.82) is 0 Å². The fraction of sp³-hybridized carbons (Fsp3) is 0.400. The van der Waals surface area contributed by atoms with E-state index >= 15 is 0 Å². The summed E-state index contributed by atoms with van der Waals surface area (Å²) in [7, 11) is 0. The van der Waals surface area contributed by atoms with Crippen LogP contribution in [0.2, 0.25) is 0 Å². The zero-order valence-corrected chi connectivity index (χ0v) is 15.8. The fourth-order valence-electron chi connectivity index (χ4n) is 2.95. The molecule has 0 spiro atoms. The molecule has 8 heteroatoms. The van der Waals surface area contributed by atoms with Crippen molar-refractivity contribution >= 4 is 12.0 Å². The number of carbonyl (C=O) groups is 2. The summed E-state index contributed by atoms with van der Waals surface area (Å²) in [4.78, 5) is 34.0. The Morgan fingerprint density at radius 2 is 1.93 bits per heavy atom. The van der Waals surface area contributed by atoms with Crippen molar-refractivity contribution in [1.82, 2.24) is 20.2 Å². The summed E-state index contributed by atoms with van der Waals surface area (Å²) in [6.45, 7) is 3.62. The van der Waals surface area contributed by atoms with Crippen molar-refractivity contribution in [3.8, 4) is 5.88 Å². The molecule has 2 aromatic rings. The molecule has 1 saturated heterocycles. The maximum atomic E-state index is 12.5. The van der Waals surface area contributed by atoms with Crippen LogP contribution in [0.1, 0.15) is 35.8 Å². The molecule has 0 aliphatic carbocycles. The van der Waals surface area contributed by atoms with Crippen molar-refractivity contribution in [3.63, 3.8) is 0 Å². The van der Waals surface area contributed by atoms with Crippen LogP contribution in [0.3, 0.4) is 0 Å². The second-order valence-electron chi connectivity index (χ2n) is 6.45. The number of amides is 2. The van der Waals surface area contributed by atoms with E-state index in [1.165, 1.54) is 12.4 Å². The maximum absolute atomic E-state index is 12.5. The number of nitrogens with one attached hydrogen (secondary N) is 1. The van der Waals surface area contributed by atoms with Crippen LogP contribution < -0.4 is 10.1 Å². The van der Waals surface area contributed by atoms with E-state index in [1.54, 1.807) is 11.8 Å². The van der Waals surface area contributed by atoms with Crippen molar-refractivity contribution in [2.75, 3.05) is 19.7 Å². The first kappa shape index (κ1) is 19.6. The highest BCUT2D eigenvalue weighted by Gasteiger charge is 2.25. The predicted molar refractivity (Wildman–Crippen MR) is 102 cm³/mol. The highest BCUT2D eigenvalue weighted by molar-refractivity contribution is 5.92. The minimum Gasteiger partial charge on any atom is -0.473 e. The van der Waals surface area contributed by atoms with Crippen LogP contribution in [0.4, 0.5) is 4.79 Å². The van der Waals surface area contributed by atoms with E-state index in [-0.39, 0.29) is 23.7 Å². The summed E-state index contributed by atoms with van der Waals surface area (Å²) < 4.78 is 10.7. The third-order valence-electron chi connectivity index (χ3n) is 4.46. The third-order valence-corrected chi connectivity index (χ3v) is 4.46. The number of rotatable bonds is 6. The molecule has 0 radical (unpaired) electrons. The Labute approximate surface area is 163 Å². The molecule has 0 unspecified atom stereocenters. The van der Waals surface area contributed by atoms with Gasteiger partial charge in [-0.2, -0.15) is 0 Å². The maximum Gasteiger partial charge on any atom is 0.409 e. The number of hydrogen-bond acceptors (Lipinski definition) is 6. The molecule has 0 atom stereocenters. The van der Waals surface area contributed by atoms with Crippen molar-refractivity contribution in [2.24, 2.45) is 0 Å². The third kappa shape index (κ3) is 5.42. The fourth-order valence-corrected chi connectivity index (χ4v) is 2.95. The molecule has 1 aliphatic rings. The lowest BCUT2D eigenvalue weighted by atomic mass is 10.1. The average Bonchev–Trinajstić information content (AvgIpc) is 2.74. The van der Waals surface area contributed by atoms with Crippen molar-refractivity contribution < 1.29 is 19.1 Å². The number of benzene rings is 1. The van der Waals surface area contributed by atoms with E-state index in [9.17, 15) is 9.59 Å². The highest BCUT2D eigenvalue weighted by Crippen LogP contribution is 2.14. The van der Waals surface area contributed by atoms with Crippen LogP contribution in [0.25, 0.3) is 0 Å². The van der Waals surface area contributed by atoms with Crippen molar-refractivity contribution in [2.45, 2.75) is 32.4 Å². The van der Waals surface area contributed by atoms with Gasteiger partial charge in [0.05, 0.1) is 6.61 Å². The van der Waals surface area contributed by atoms with Gasteiger partial charge in [-0.15, -0.1) is 0 Å². The Balaban J connectivity index is 1.50. The molecule has 8 nitrogen and oxygen atoms in total. The largest absolute Gasteiger partial charge is 0.473 e. The lowest BCUT2D eigenvalue weighted by Crippen LogP contribution is -2.46. The quantitative estimate of drug-likeness (QED) is 0.822. The van der Waals surface area contributed by atoms with Gasteiger partial charge in [0, 0.05) is 25.2 Å². The lowest BCUT2D eigenvalue weighted by Gasteiger charge is -2.31. The molecule has 0 bridgehead atoms. The number of ether oxygens (including phenoxy) is 2. The molecule has 0 saturated carbocycles. The lowest BCUT2D eigenvalue weighted by molar-refractivity contribution is 0.0856. The molecule has 1 aromatic heterocycles. The van der Waals surface area contributed by atoms with E-state index in [0.717, 1.165) is 5.56 Å². The Bertz CT molecular complexity index is 792. The van der Waals surface area contributed by atoms with E-state index in [1.807, 2.05) is 30.3 Å². The molecule has 1 aliphatic heterocycles. The molecule has 148 valence electrons. The molecule has 28 heavy (non-hydrogen) atoms. The van der Waals surface area contributed by atoms with Gasteiger partial charge in [-0.3, -0.25) is 4.79 Å². The van der Waals surface area contributed by atoms with Gasteiger partial charge in [0.1, 0.15) is 18.6 Å². The van der Waals surface area contributed by atoms with Gasteiger partial charge < -0.3 is 19.7 Å². The van der Waals surface area contributed by atoms with Crippen molar-refractivity contribution in [3.05, 3.63) is 54.0 Å². The SMILES string of the molecule is CCOC(=O)N1CCC(NC(=O)c2cc(OCc3ccccc3)ncn2)CC1. The Morgan fingerprint density at radius 1 is 1.18 bits per heavy atom. The van der Waals surface area contributed by atoms with E-state index in [2.05, 4.69) is 15.3 Å². The topological polar surface area (TPSA) is 93.7 Å². The molecular formula is C20H24N4O4. The van der Waals surface area contributed by atoms with Gasteiger partial charge in [0.2, 0.25) is 5.88 Å². The van der Waals surface area contributed by atoms with Crippen LogP contribution in [0.5, 0.6) is 5.88 Å². The first-order chi connectivity index (χ1) is 13.7. The Hall–Kier alpha value is -3.16. The van der Waals surface area contributed by atoms with E-state index < -0.39 is 0 Å². The Kier molecular flexibility index (Phi) is 6.78. The summed E-state index contributed by atoms with van der Waals surface area (Å²) in [5.41, 5.74) is 1.27. The zero-order chi connectivity index (χ0) is 19.8. The van der Waals surface area contributed by atoms with Crippen LogP contribution in [0.15, 0.2) is 42.7 Å². The molecule has 1 N–H and O–H groups in total. The number of carbonyl (C=O) groups excluding carboxylic acids is 2. The summed E-state index contributed by atoms with van der Waals surface area (Å²) >= 11 is 0. The minimum absolute atomic E-state index is 0.0122. The molecular weight excluding hydrogens is 360 g/mol. The van der Waals surface area contributed by atoms with Crippen LogP contribution in [-0.4, -0.2) is 52.6 Å². The monoisotopic (exact) mass is 384 g/mol. The number of likely N-dealkylation sites (tertiary alicyclic amines) is 1. The highest BCUT2D eigenvalue weighted by atomic mass is 16.6. The van der Waals surface area contributed by atoms with Gasteiger partial charge in [0.15, 0.2) is 0 Å².